The molecule has 4 heteroatoms. The molecular weight excluding hydrogens is 264 g/mol. The molecule has 0 spiro atoms. The summed E-state index contributed by atoms with van der Waals surface area (Å²) in [6.07, 6.45) is 0. The van der Waals surface area contributed by atoms with Crippen LogP contribution in [-0.2, 0) is 6.61 Å². The van der Waals surface area contributed by atoms with E-state index in [2.05, 4.69) is 0 Å². The van der Waals surface area contributed by atoms with E-state index in [1.807, 2.05) is 50.2 Å². The van der Waals surface area contributed by atoms with Gasteiger partial charge in [0.2, 0.25) is 0 Å². The lowest BCUT2D eigenvalue weighted by Crippen LogP contribution is -2.12. The fourth-order valence-electron chi connectivity index (χ4n) is 2.21. The largest absolute Gasteiger partial charge is 0.497 e. The number of nitrogens with two attached hydrogens (primary N) is 1. The maximum Gasteiger partial charge on any atom is 0.125 e. The number of nitrogens with one attached hydrogen (secondary N) is 1. The molecule has 0 aliphatic rings. The summed E-state index contributed by atoms with van der Waals surface area (Å²) in [5.74, 6) is 1.75. The third kappa shape index (κ3) is 3.54. The van der Waals surface area contributed by atoms with Crippen molar-refractivity contribution < 1.29 is 9.47 Å². The number of nitrogen functional groups attached to an aromatic ring is 1. The SMILES string of the molecule is COc1ccc(COc2c(C)cc(C(=N)N)cc2C)cc1. The van der Waals surface area contributed by atoms with Gasteiger partial charge in [-0.05, 0) is 54.8 Å². The number of benzene rings is 2. The molecule has 0 atom stereocenters. The molecule has 0 amide bonds. The minimum absolute atomic E-state index is 0.0721. The van der Waals surface area contributed by atoms with Crippen molar-refractivity contribution in [3.8, 4) is 11.5 Å². The Morgan fingerprint density at radius 2 is 1.67 bits per heavy atom. The van der Waals surface area contributed by atoms with E-state index in [-0.39, 0.29) is 5.84 Å². The zero-order chi connectivity index (χ0) is 15.4. The van der Waals surface area contributed by atoms with Gasteiger partial charge in [0.15, 0.2) is 0 Å². The van der Waals surface area contributed by atoms with Gasteiger partial charge in [0, 0.05) is 5.56 Å². The van der Waals surface area contributed by atoms with Crippen molar-refractivity contribution >= 4 is 5.84 Å². The predicted octanol–water partition coefficient (Wildman–Crippen LogP) is 3.18. The van der Waals surface area contributed by atoms with Gasteiger partial charge in [-0.1, -0.05) is 12.1 Å². The molecule has 0 heterocycles. The first-order valence-corrected chi connectivity index (χ1v) is 6.72. The molecule has 0 aliphatic carbocycles. The first-order chi connectivity index (χ1) is 10.0. The van der Waals surface area contributed by atoms with Gasteiger partial charge < -0.3 is 15.2 Å². The summed E-state index contributed by atoms with van der Waals surface area (Å²) < 4.78 is 11.0. The molecule has 2 aromatic rings. The minimum atomic E-state index is 0.0721. The lowest BCUT2D eigenvalue weighted by Gasteiger charge is -2.14. The van der Waals surface area contributed by atoms with Gasteiger partial charge in [-0.25, -0.2) is 0 Å². The molecule has 0 aliphatic heterocycles. The van der Waals surface area contributed by atoms with Crippen LogP contribution in [0.5, 0.6) is 11.5 Å². The van der Waals surface area contributed by atoms with E-state index < -0.39 is 0 Å². The van der Waals surface area contributed by atoms with Gasteiger partial charge >= 0.3 is 0 Å². The van der Waals surface area contributed by atoms with Gasteiger partial charge in [0.25, 0.3) is 0 Å². The minimum Gasteiger partial charge on any atom is -0.497 e. The van der Waals surface area contributed by atoms with Crippen LogP contribution in [0.15, 0.2) is 36.4 Å². The van der Waals surface area contributed by atoms with Gasteiger partial charge in [-0.2, -0.15) is 0 Å². The molecule has 2 aromatic carbocycles. The van der Waals surface area contributed by atoms with E-state index in [1.54, 1.807) is 7.11 Å². The van der Waals surface area contributed by atoms with Crippen LogP contribution in [0, 0.1) is 19.3 Å². The predicted molar refractivity (Wildman–Crippen MR) is 84.3 cm³/mol. The van der Waals surface area contributed by atoms with E-state index in [0.717, 1.165) is 33.8 Å². The first kappa shape index (κ1) is 14.9. The summed E-state index contributed by atoms with van der Waals surface area (Å²) >= 11 is 0. The van der Waals surface area contributed by atoms with Gasteiger partial charge in [0.05, 0.1) is 7.11 Å². The highest BCUT2D eigenvalue weighted by molar-refractivity contribution is 5.95. The molecule has 21 heavy (non-hydrogen) atoms. The first-order valence-electron chi connectivity index (χ1n) is 6.72. The van der Waals surface area contributed by atoms with Crippen molar-refractivity contribution in [1.29, 1.82) is 5.41 Å². The Labute approximate surface area is 125 Å². The monoisotopic (exact) mass is 284 g/mol. The highest BCUT2D eigenvalue weighted by Gasteiger charge is 2.08. The average molecular weight is 284 g/mol. The molecule has 110 valence electrons. The van der Waals surface area contributed by atoms with Crippen LogP contribution in [0.3, 0.4) is 0 Å². The number of hydrogen-bond donors (Lipinski definition) is 2. The lowest BCUT2D eigenvalue weighted by atomic mass is 10.1. The number of aryl methyl sites for hydroxylation is 2. The average Bonchev–Trinajstić information content (AvgIpc) is 2.46. The summed E-state index contributed by atoms with van der Waals surface area (Å²) in [5, 5.41) is 7.50. The van der Waals surface area contributed by atoms with Gasteiger partial charge in [-0.3, -0.25) is 5.41 Å². The Morgan fingerprint density at radius 1 is 1.10 bits per heavy atom. The second-order valence-electron chi connectivity index (χ2n) is 4.99. The third-order valence-corrected chi connectivity index (χ3v) is 3.31. The number of hydrogen-bond acceptors (Lipinski definition) is 3. The summed E-state index contributed by atoms with van der Waals surface area (Å²) in [5.41, 5.74) is 9.28. The molecule has 2 rings (SSSR count). The third-order valence-electron chi connectivity index (χ3n) is 3.31. The number of amidine groups is 1. The van der Waals surface area contributed by atoms with Crippen molar-refractivity contribution in [2.45, 2.75) is 20.5 Å². The van der Waals surface area contributed by atoms with Crippen LogP contribution in [0.4, 0.5) is 0 Å². The second kappa shape index (κ2) is 6.31. The molecule has 0 unspecified atom stereocenters. The Hall–Kier alpha value is -2.49. The molecule has 0 radical (unpaired) electrons. The summed E-state index contributed by atoms with van der Waals surface area (Å²) in [6.45, 7) is 4.41. The molecule has 0 bridgehead atoms. The molecule has 0 fully saturated rings. The molecular formula is C17H20N2O2. The lowest BCUT2D eigenvalue weighted by molar-refractivity contribution is 0.301. The molecule has 0 saturated carbocycles. The Morgan fingerprint density at radius 3 is 2.14 bits per heavy atom. The van der Waals surface area contributed by atoms with Crippen molar-refractivity contribution in [1.82, 2.24) is 0 Å². The summed E-state index contributed by atoms with van der Waals surface area (Å²) in [4.78, 5) is 0. The fourth-order valence-corrected chi connectivity index (χ4v) is 2.21. The van der Waals surface area contributed by atoms with Crippen LogP contribution >= 0.6 is 0 Å². The van der Waals surface area contributed by atoms with Crippen LogP contribution in [0.25, 0.3) is 0 Å². The van der Waals surface area contributed by atoms with Crippen molar-refractivity contribution in [3.05, 3.63) is 58.7 Å². The maximum absolute atomic E-state index is 7.50. The number of methoxy groups -OCH3 is 1. The van der Waals surface area contributed by atoms with E-state index in [9.17, 15) is 0 Å². The van der Waals surface area contributed by atoms with Gasteiger partial charge in [-0.15, -0.1) is 0 Å². The summed E-state index contributed by atoms with van der Waals surface area (Å²) in [7, 11) is 1.65. The van der Waals surface area contributed by atoms with Crippen LogP contribution in [0.1, 0.15) is 22.3 Å². The molecule has 4 nitrogen and oxygen atoms in total. The van der Waals surface area contributed by atoms with Crippen molar-refractivity contribution in [2.75, 3.05) is 7.11 Å². The highest BCUT2D eigenvalue weighted by atomic mass is 16.5. The molecule has 0 aromatic heterocycles. The number of ether oxygens (including phenoxy) is 2. The van der Waals surface area contributed by atoms with Crippen molar-refractivity contribution in [3.63, 3.8) is 0 Å². The normalized spacial score (nSPS) is 10.2. The van der Waals surface area contributed by atoms with Gasteiger partial charge in [0.1, 0.15) is 23.9 Å². The van der Waals surface area contributed by atoms with Crippen LogP contribution in [0.2, 0.25) is 0 Å². The zero-order valence-electron chi connectivity index (χ0n) is 12.6. The van der Waals surface area contributed by atoms with Crippen LogP contribution < -0.4 is 15.2 Å². The van der Waals surface area contributed by atoms with E-state index in [1.165, 1.54) is 0 Å². The van der Waals surface area contributed by atoms with E-state index >= 15 is 0 Å². The fraction of sp³-hybridized carbons (Fsp3) is 0.235. The summed E-state index contributed by atoms with van der Waals surface area (Å²) in [6, 6.07) is 11.5. The molecule has 3 N–H and O–H groups in total. The second-order valence-corrected chi connectivity index (χ2v) is 4.99. The Balaban J connectivity index is 2.14. The zero-order valence-corrected chi connectivity index (χ0v) is 12.6. The quantitative estimate of drug-likeness (QED) is 0.654. The topological polar surface area (TPSA) is 68.3 Å². The van der Waals surface area contributed by atoms with E-state index in [0.29, 0.717) is 6.61 Å². The van der Waals surface area contributed by atoms with E-state index in [4.69, 9.17) is 20.6 Å². The standard InChI is InChI=1S/C17H20N2O2/c1-11-8-14(17(18)19)9-12(2)16(11)21-10-13-4-6-15(20-3)7-5-13/h4-9H,10H2,1-3H3,(H3,18,19). The number of rotatable bonds is 5. The highest BCUT2D eigenvalue weighted by Crippen LogP contribution is 2.26. The van der Waals surface area contributed by atoms with Crippen molar-refractivity contribution in [2.24, 2.45) is 5.73 Å². The van der Waals surface area contributed by atoms with Crippen LogP contribution in [-0.4, -0.2) is 12.9 Å². The molecule has 0 saturated heterocycles. The Bertz CT molecular complexity index is 625. The Kier molecular flexibility index (Phi) is 4.48. The smallest absolute Gasteiger partial charge is 0.125 e. The maximum atomic E-state index is 7.50.